The van der Waals surface area contributed by atoms with E-state index in [9.17, 15) is 4.79 Å². The van der Waals surface area contributed by atoms with Crippen LogP contribution in [0.1, 0.15) is 54.3 Å². The Morgan fingerprint density at radius 3 is 1.97 bits per heavy atom. The second kappa shape index (κ2) is 7.54. The molecule has 0 bridgehead atoms. The lowest BCUT2D eigenvalue weighted by Gasteiger charge is -2.50. The van der Waals surface area contributed by atoms with Crippen LogP contribution >= 0.6 is 0 Å². The van der Waals surface area contributed by atoms with Gasteiger partial charge in [0.05, 0.1) is 24.3 Å². The monoisotopic (exact) mass is 449 g/mol. The van der Waals surface area contributed by atoms with Crippen LogP contribution in [0.4, 0.5) is 4.79 Å². The molecule has 2 saturated heterocycles. The Balaban J connectivity index is 1.78. The fourth-order valence-electron chi connectivity index (χ4n) is 3.54. The Morgan fingerprint density at radius 1 is 1.06 bits per heavy atom. The van der Waals surface area contributed by atoms with Gasteiger partial charge < -0.3 is 23.4 Å². The number of rotatable bonds is 4. The van der Waals surface area contributed by atoms with Gasteiger partial charge in [0.25, 0.3) is 0 Å². The molecule has 8 nitrogen and oxygen atoms in total. The summed E-state index contributed by atoms with van der Waals surface area (Å²) in [7, 11) is -2.46. The van der Waals surface area contributed by atoms with E-state index in [1.807, 2.05) is 48.5 Å². The molecule has 1 amide bonds. The summed E-state index contributed by atoms with van der Waals surface area (Å²) < 4.78 is 24.2. The number of aromatic nitrogens is 2. The predicted octanol–water partition coefficient (Wildman–Crippen LogP) is 3.07. The summed E-state index contributed by atoms with van der Waals surface area (Å²) in [6.07, 6.45) is 3.11. The second-order valence-corrected chi connectivity index (χ2v) is 15.9. The molecule has 31 heavy (non-hydrogen) atoms. The molecular formula is C21H36BN3O5Si. The molecule has 0 aromatic carbocycles. The molecule has 1 aromatic heterocycles. The van der Waals surface area contributed by atoms with Crippen molar-refractivity contribution in [1.82, 2.24) is 14.9 Å². The zero-order valence-electron chi connectivity index (χ0n) is 20.5. The predicted molar refractivity (Wildman–Crippen MR) is 122 cm³/mol. The first-order chi connectivity index (χ1) is 13.9. The average Bonchev–Trinajstić information content (AvgIpc) is 2.76. The normalized spacial score (nSPS) is 22.3. The highest BCUT2D eigenvalue weighted by Crippen LogP contribution is 2.38. The van der Waals surface area contributed by atoms with Gasteiger partial charge >= 0.3 is 13.2 Å². The van der Waals surface area contributed by atoms with Gasteiger partial charge in [-0.2, -0.15) is 0 Å². The van der Waals surface area contributed by atoms with Crippen LogP contribution in [0.5, 0.6) is 0 Å². The molecule has 3 heterocycles. The molecule has 2 aliphatic heterocycles. The first-order valence-corrected chi connectivity index (χ1v) is 14.2. The van der Waals surface area contributed by atoms with Crippen LogP contribution in [0, 0.1) is 0 Å². The van der Waals surface area contributed by atoms with E-state index in [-0.39, 0.29) is 6.09 Å². The van der Waals surface area contributed by atoms with E-state index in [0.29, 0.717) is 18.9 Å². The lowest BCUT2D eigenvalue weighted by Crippen LogP contribution is -2.66. The van der Waals surface area contributed by atoms with Crippen molar-refractivity contribution < 1.29 is 23.3 Å². The fraction of sp³-hybridized carbons (Fsp3) is 0.762. The third-order valence-corrected chi connectivity index (χ3v) is 6.65. The molecule has 0 saturated carbocycles. The summed E-state index contributed by atoms with van der Waals surface area (Å²) in [6.45, 7) is 20.7. The number of carbonyl (C=O) groups is 1. The highest BCUT2D eigenvalue weighted by atomic mass is 28.4. The van der Waals surface area contributed by atoms with Crippen molar-refractivity contribution in [2.45, 2.75) is 90.5 Å². The standard InChI is InChI=1S/C21H36BN3O5Si/c1-18(2,3)27-17(26)25-13-21(14-25,30-31(8,9)10)16-23-11-15(12-24-16)22-28-19(4,5)20(6,7)29-22/h11-12H,13-14H2,1-10H3. The minimum atomic E-state index is -1.94. The number of ether oxygens (including phenoxy) is 1. The molecule has 1 aromatic rings. The van der Waals surface area contributed by atoms with Crippen molar-refractivity contribution >= 4 is 27.0 Å². The quantitative estimate of drug-likeness (QED) is 0.654. The number of amides is 1. The number of likely N-dealkylation sites (tertiary alicyclic amines) is 1. The molecule has 172 valence electrons. The first-order valence-electron chi connectivity index (χ1n) is 10.8. The maximum absolute atomic E-state index is 12.5. The lowest BCUT2D eigenvalue weighted by molar-refractivity contribution is -0.0960. The largest absolute Gasteiger partial charge is 0.498 e. The first kappa shape index (κ1) is 24.2. The highest BCUT2D eigenvalue weighted by molar-refractivity contribution is 6.69. The van der Waals surface area contributed by atoms with E-state index in [1.165, 1.54) is 0 Å². The fourth-order valence-corrected chi connectivity index (χ4v) is 4.93. The van der Waals surface area contributed by atoms with E-state index in [1.54, 1.807) is 17.3 Å². The number of hydrogen-bond acceptors (Lipinski definition) is 7. The van der Waals surface area contributed by atoms with Crippen molar-refractivity contribution in [1.29, 1.82) is 0 Å². The maximum Gasteiger partial charge on any atom is 0.498 e. The summed E-state index contributed by atoms with van der Waals surface area (Å²) >= 11 is 0. The van der Waals surface area contributed by atoms with Gasteiger partial charge in [-0.15, -0.1) is 0 Å². The molecule has 0 spiro atoms. The summed E-state index contributed by atoms with van der Waals surface area (Å²) in [5, 5.41) is 0. The summed E-state index contributed by atoms with van der Waals surface area (Å²) in [4.78, 5) is 23.3. The minimum Gasteiger partial charge on any atom is -0.444 e. The van der Waals surface area contributed by atoms with E-state index in [2.05, 4.69) is 29.6 Å². The molecule has 3 rings (SSSR count). The van der Waals surface area contributed by atoms with Crippen LogP contribution in [0.25, 0.3) is 0 Å². The van der Waals surface area contributed by atoms with Gasteiger partial charge in [-0.25, -0.2) is 14.8 Å². The van der Waals surface area contributed by atoms with Gasteiger partial charge in [0.15, 0.2) is 19.7 Å². The molecule has 0 radical (unpaired) electrons. The van der Waals surface area contributed by atoms with Crippen LogP contribution in [0.2, 0.25) is 19.6 Å². The van der Waals surface area contributed by atoms with E-state index >= 15 is 0 Å². The van der Waals surface area contributed by atoms with E-state index in [4.69, 9.17) is 18.5 Å². The highest BCUT2D eigenvalue weighted by Gasteiger charge is 2.54. The van der Waals surface area contributed by atoms with Crippen molar-refractivity contribution in [3.05, 3.63) is 18.2 Å². The topological polar surface area (TPSA) is 83.0 Å². The van der Waals surface area contributed by atoms with Crippen molar-refractivity contribution in [3.63, 3.8) is 0 Å². The number of nitrogens with zero attached hydrogens (tertiary/aromatic N) is 3. The van der Waals surface area contributed by atoms with Gasteiger partial charge in [0.1, 0.15) is 5.60 Å². The molecule has 2 aliphatic rings. The van der Waals surface area contributed by atoms with E-state index < -0.39 is 37.8 Å². The Morgan fingerprint density at radius 2 is 1.55 bits per heavy atom. The van der Waals surface area contributed by atoms with Crippen molar-refractivity contribution in [2.75, 3.05) is 13.1 Å². The third kappa shape index (κ3) is 5.13. The Bertz CT molecular complexity index is 811. The van der Waals surface area contributed by atoms with Gasteiger partial charge in [-0.3, -0.25) is 0 Å². The molecule has 0 aliphatic carbocycles. The van der Waals surface area contributed by atoms with Gasteiger partial charge in [-0.05, 0) is 68.1 Å². The summed E-state index contributed by atoms with van der Waals surface area (Å²) in [6, 6.07) is 0. The number of carbonyl (C=O) groups excluding carboxylic acids is 1. The van der Waals surface area contributed by atoms with Gasteiger partial charge in [0.2, 0.25) is 0 Å². The van der Waals surface area contributed by atoms with Crippen LogP contribution in [-0.4, -0.2) is 66.3 Å². The van der Waals surface area contributed by atoms with E-state index in [0.717, 1.165) is 5.46 Å². The summed E-state index contributed by atoms with van der Waals surface area (Å²) in [5.74, 6) is 0.565. The Hall–Kier alpha value is -1.49. The lowest BCUT2D eigenvalue weighted by atomic mass is 9.81. The Kier molecular flexibility index (Phi) is 5.87. The molecule has 2 fully saturated rings. The van der Waals surface area contributed by atoms with Crippen LogP contribution in [-0.2, 0) is 24.1 Å². The SMILES string of the molecule is CC(C)(C)OC(=O)N1CC(O[Si](C)(C)C)(c2ncc(B3OC(C)(C)C(C)(C)O3)cn2)C1. The zero-order valence-corrected chi connectivity index (χ0v) is 21.5. The molecule has 10 heteroatoms. The average molecular weight is 449 g/mol. The summed E-state index contributed by atoms with van der Waals surface area (Å²) in [5.41, 5.74) is -1.37. The van der Waals surface area contributed by atoms with Crippen LogP contribution in [0.3, 0.4) is 0 Å². The zero-order chi connectivity index (χ0) is 23.5. The van der Waals surface area contributed by atoms with Crippen molar-refractivity contribution in [3.8, 4) is 0 Å². The molecule has 0 atom stereocenters. The van der Waals surface area contributed by atoms with Crippen LogP contribution in [0.15, 0.2) is 12.4 Å². The Labute approximate surface area is 187 Å². The van der Waals surface area contributed by atoms with Crippen LogP contribution < -0.4 is 5.46 Å². The minimum absolute atomic E-state index is 0.351. The second-order valence-electron chi connectivity index (χ2n) is 11.5. The van der Waals surface area contributed by atoms with Gasteiger partial charge in [0, 0.05) is 17.9 Å². The van der Waals surface area contributed by atoms with Gasteiger partial charge in [-0.1, -0.05) is 0 Å². The third-order valence-electron chi connectivity index (χ3n) is 5.65. The molecule has 0 unspecified atom stereocenters. The smallest absolute Gasteiger partial charge is 0.444 e. The molecular weight excluding hydrogens is 413 g/mol. The van der Waals surface area contributed by atoms with Crippen molar-refractivity contribution in [2.24, 2.45) is 0 Å². The molecule has 0 N–H and O–H groups in total. The maximum atomic E-state index is 12.5. The number of hydrogen-bond donors (Lipinski definition) is 0.